The standard InChI is InChI=1S/C16H25N/c1-4-10-17-16-7-5-6-15(16)14-9-8-12(2)13(3)11-14/h8-9,11,15-17H,4-7,10H2,1-3H3. The smallest absolute Gasteiger partial charge is 0.0136 e. The molecule has 1 saturated carbocycles. The van der Waals surface area contributed by atoms with Crippen LogP contribution in [0.1, 0.15) is 55.2 Å². The number of benzene rings is 1. The zero-order valence-corrected chi connectivity index (χ0v) is 11.4. The van der Waals surface area contributed by atoms with Crippen molar-refractivity contribution in [2.45, 2.75) is 58.4 Å². The summed E-state index contributed by atoms with van der Waals surface area (Å²) in [7, 11) is 0. The lowest BCUT2D eigenvalue weighted by molar-refractivity contribution is 0.478. The van der Waals surface area contributed by atoms with Gasteiger partial charge in [-0.05, 0) is 62.3 Å². The molecule has 94 valence electrons. The molecule has 0 heterocycles. The minimum atomic E-state index is 0.706. The largest absolute Gasteiger partial charge is 0.313 e. The third-order valence-electron chi connectivity index (χ3n) is 4.13. The molecule has 0 spiro atoms. The zero-order chi connectivity index (χ0) is 12.3. The van der Waals surface area contributed by atoms with Gasteiger partial charge < -0.3 is 5.32 Å². The highest BCUT2D eigenvalue weighted by Crippen LogP contribution is 2.35. The van der Waals surface area contributed by atoms with Crippen LogP contribution < -0.4 is 5.32 Å². The van der Waals surface area contributed by atoms with Gasteiger partial charge in [0.15, 0.2) is 0 Å². The lowest BCUT2D eigenvalue weighted by Gasteiger charge is -2.22. The molecule has 0 bridgehead atoms. The van der Waals surface area contributed by atoms with Crippen molar-refractivity contribution in [2.24, 2.45) is 0 Å². The van der Waals surface area contributed by atoms with E-state index >= 15 is 0 Å². The summed E-state index contributed by atoms with van der Waals surface area (Å²) in [6.07, 6.45) is 5.30. The van der Waals surface area contributed by atoms with Crippen LogP contribution >= 0.6 is 0 Å². The molecule has 0 aliphatic heterocycles. The summed E-state index contributed by atoms with van der Waals surface area (Å²) in [6, 6.07) is 7.71. The first-order valence-corrected chi connectivity index (χ1v) is 7.03. The minimum absolute atomic E-state index is 0.706. The van der Waals surface area contributed by atoms with Gasteiger partial charge in [0.25, 0.3) is 0 Å². The van der Waals surface area contributed by atoms with Crippen LogP contribution in [0.25, 0.3) is 0 Å². The van der Waals surface area contributed by atoms with E-state index in [0.29, 0.717) is 6.04 Å². The van der Waals surface area contributed by atoms with Crippen LogP contribution in [0, 0.1) is 13.8 Å². The van der Waals surface area contributed by atoms with Crippen LogP contribution in [-0.2, 0) is 0 Å². The molecular weight excluding hydrogens is 206 g/mol. The van der Waals surface area contributed by atoms with Crippen molar-refractivity contribution in [3.05, 3.63) is 34.9 Å². The normalized spacial score (nSPS) is 24.2. The summed E-state index contributed by atoms with van der Waals surface area (Å²) < 4.78 is 0. The average molecular weight is 231 g/mol. The predicted octanol–water partition coefficient (Wildman–Crippen LogP) is 3.94. The summed E-state index contributed by atoms with van der Waals surface area (Å²) in [5.74, 6) is 0.737. The van der Waals surface area contributed by atoms with Crippen molar-refractivity contribution in [2.75, 3.05) is 6.54 Å². The van der Waals surface area contributed by atoms with Crippen LogP contribution in [0.2, 0.25) is 0 Å². The highest BCUT2D eigenvalue weighted by Gasteiger charge is 2.27. The van der Waals surface area contributed by atoms with Crippen molar-refractivity contribution >= 4 is 0 Å². The summed E-state index contributed by atoms with van der Waals surface area (Å²) in [4.78, 5) is 0. The Morgan fingerprint density at radius 1 is 1.18 bits per heavy atom. The Labute approximate surface area is 106 Å². The molecule has 1 aromatic carbocycles. The number of hydrogen-bond donors (Lipinski definition) is 1. The van der Waals surface area contributed by atoms with Crippen LogP contribution in [0.4, 0.5) is 0 Å². The van der Waals surface area contributed by atoms with Gasteiger partial charge in [0.2, 0.25) is 0 Å². The molecule has 2 unspecified atom stereocenters. The Morgan fingerprint density at radius 3 is 2.71 bits per heavy atom. The summed E-state index contributed by atoms with van der Waals surface area (Å²) in [5, 5.41) is 3.71. The van der Waals surface area contributed by atoms with Gasteiger partial charge in [0.1, 0.15) is 0 Å². The van der Waals surface area contributed by atoms with Crippen molar-refractivity contribution in [1.82, 2.24) is 5.32 Å². The molecule has 0 saturated heterocycles. The number of aryl methyl sites for hydroxylation is 2. The molecule has 17 heavy (non-hydrogen) atoms. The third kappa shape index (κ3) is 2.90. The molecule has 2 atom stereocenters. The molecular formula is C16H25N. The number of nitrogens with one attached hydrogen (secondary N) is 1. The fourth-order valence-electron chi connectivity index (χ4n) is 2.93. The van der Waals surface area contributed by atoms with Gasteiger partial charge in [-0.15, -0.1) is 0 Å². The zero-order valence-electron chi connectivity index (χ0n) is 11.4. The van der Waals surface area contributed by atoms with Crippen molar-refractivity contribution in [3.8, 4) is 0 Å². The topological polar surface area (TPSA) is 12.0 Å². The fraction of sp³-hybridized carbons (Fsp3) is 0.625. The maximum absolute atomic E-state index is 3.71. The second-order valence-electron chi connectivity index (χ2n) is 5.44. The first kappa shape index (κ1) is 12.6. The molecule has 1 N–H and O–H groups in total. The highest BCUT2D eigenvalue weighted by atomic mass is 14.9. The third-order valence-corrected chi connectivity index (χ3v) is 4.13. The maximum Gasteiger partial charge on any atom is 0.0136 e. The SMILES string of the molecule is CCCNC1CCCC1c1ccc(C)c(C)c1. The molecule has 1 aromatic rings. The van der Waals surface area contributed by atoms with Gasteiger partial charge in [-0.25, -0.2) is 0 Å². The van der Waals surface area contributed by atoms with E-state index in [0.717, 1.165) is 12.5 Å². The van der Waals surface area contributed by atoms with Crippen LogP contribution in [0.3, 0.4) is 0 Å². The molecule has 1 aliphatic rings. The Hall–Kier alpha value is -0.820. The molecule has 1 nitrogen and oxygen atoms in total. The number of hydrogen-bond acceptors (Lipinski definition) is 1. The maximum atomic E-state index is 3.71. The lowest BCUT2D eigenvalue weighted by atomic mass is 9.91. The Balaban J connectivity index is 2.11. The quantitative estimate of drug-likeness (QED) is 0.827. The monoisotopic (exact) mass is 231 g/mol. The molecule has 2 rings (SSSR count). The molecule has 1 heteroatoms. The van der Waals surface area contributed by atoms with E-state index in [4.69, 9.17) is 0 Å². The van der Waals surface area contributed by atoms with Gasteiger partial charge in [-0.1, -0.05) is 31.5 Å². The summed E-state index contributed by atoms with van der Waals surface area (Å²) in [6.45, 7) is 7.82. The van der Waals surface area contributed by atoms with E-state index in [-0.39, 0.29) is 0 Å². The molecule has 0 aromatic heterocycles. The van der Waals surface area contributed by atoms with E-state index < -0.39 is 0 Å². The van der Waals surface area contributed by atoms with E-state index in [1.807, 2.05) is 0 Å². The highest BCUT2D eigenvalue weighted by molar-refractivity contribution is 5.33. The van der Waals surface area contributed by atoms with Crippen LogP contribution in [0.5, 0.6) is 0 Å². The van der Waals surface area contributed by atoms with Gasteiger partial charge in [0, 0.05) is 6.04 Å². The Bertz CT molecular complexity index is 370. The van der Waals surface area contributed by atoms with Gasteiger partial charge in [0.05, 0.1) is 0 Å². The fourth-order valence-corrected chi connectivity index (χ4v) is 2.93. The molecule has 0 amide bonds. The Kier molecular flexibility index (Phi) is 4.22. The molecule has 1 fully saturated rings. The van der Waals surface area contributed by atoms with Crippen molar-refractivity contribution < 1.29 is 0 Å². The molecule has 0 radical (unpaired) electrons. The van der Waals surface area contributed by atoms with E-state index in [2.05, 4.69) is 44.3 Å². The predicted molar refractivity (Wildman–Crippen MR) is 74.6 cm³/mol. The van der Waals surface area contributed by atoms with Crippen molar-refractivity contribution in [1.29, 1.82) is 0 Å². The minimum Gasteiger partial charge on any atom is -0.313 e. The first-order chi connectivity index (χ1) is 8.22. The van der Waals surface area contributed by atoms with Gasteiger partial charge in [-0.3, -0.25) is 0 Å². The first-order valence-electron chi connectivity index (χ1n) is 7.03. The average Bonchev–Trinajstić information content (AvgIpc) is 2.78. The second kappa shape index (κ2) is 5.68. The van der Waals surface area contributed by atoms with Gasteiger partial charge in [-0.2, -0.15) is 0 Å². The summed E-state index contributed by atoms with van der Waals surface area (Å²) >= 11 is 0. The van der Waals surface area contributed by atoms with Gasteiger partial charge >= 0.3 is 0 Å². The van der Waals surface area contributed by atoms with E-state index in [1.165, 1.54) is 36.8 Å². The van der Waals surface area contributed by atoms with E-state index in [1.54, 1.807) is 5.56 Å². The Morgan fingerprint density at radius 2 is 2.00 bits per heavy atom. The van der Waals surface area contributed by atoms with E-state index in [9.17, 15) is 0 Å². The molecule has 1 aliphatic carbocycles. The summed E-state index contributed by atoms with van der Waals surface area (Å²) in [5.41, 5.74) is 4.38. The second-order valence-corrected chi connectivity index (χ2v) is 5.44. The lowest BCUT2D eigenvalue weighted by Crippen LogP contribution is -2.31. The van der Waals surface area contributed by atoms with Crippen LogP contribution in [-0.4, -0.2) is 12.6 Å². The van der Waals surface area contributed by atoms with Crippen LogP contribution in [0.15, 0.2) is 18.2 Å². The number of rotatable bonds is 4. The van der Waals surface area contributed by atoms with Crippen molar-refractivity contribution in [3.63, 3.8) is 0 Å².